The van der Waals surface area contributed by atoms with E-state index in [4.69, 9.17) is 9.26 Å². The van der Waals surface area contributed by atoms with Gasteiger partial charge in [-0.2, -0.15) is 0 Å². The Bertz CT molecular complexity index is 970. The van der Waals surface area contributed by atoms with Crippen LogP contribution in [0.5, 0.6) is 0 Å². The van der Waals surface area contributed by atoms with E-state index in [9.17, 15) is 9.59 Å². The lowest BCUT2D eigenvalue weighted by Crippen LogP contribution is -2.66. The van der Waals surface area contributed by atoms with Gasteiger partial charge in [-0.05, 0) is 31.2 Å². The summed E-state index contributed by atoms with van der Waals surface area (Å²) in [5.41, 5.74) is 0.240. The Morgan fingerprint density at radius 2 is 2.00 bits per heavy atom. The molecule has 2 bridgehead atoms. The molecule has 4 fully saturated rings. The van der Waals surface area contributed by atoms with Crippen molar-refractivity contribution in [2.45, 2.75) is 69.8 Å². The van der Waals surface area contributed by atoms with Crippen molar-refractivity contribution >= 4 is 29.1 Å². The molecule has 4 aliphatic rings. The largest absolute Gasteiger partial charge is 0.455 e. The van der Waals surface area contributed by atoms with Crippen LogP contribution in [-0.2, 0) is 19.7 Å². The summed E-state index contributed by atoms with van der Waals surface area (Å²) in [5.74, 6) is 0.678. The molecule has 0 aromatic carbocycles. The van der Waals surface area contributed by atoms with Crippen LogP contribution in [0.1, 0.15) is 61.9 Å². The molecule has 3 aliphatic heterocycles. The van der Waals surface area contributed by atoms with Crippen LogP contribution in [0.4, 0.5) is 5.88 Å². The Balaban J connectivity index is 1.28. The summed E-state index contributed by atoms with van der Waals surface area (Å²) in [6, 6.07) is 5.88. The van der Waals surface area contributed by atoms with Gasteiger partial charge in [0.05, 0.1) is 18.8 Å². The van der Waals surface area contributed by atoms with Crippen molar-refractivity contribution in [1.29, 1.82) is 0 Å². The van der Waals surface area contributed by atoms with Crippen molar-refractivity contribution in [3.8, 4) is 0 Å². The van der Waals surface area contributed by atoms with Gasteiger partial charge in [-0.15, -0.1) is 11.3 Å². The molecule has 5 heterocycles. The standard InChI is InChI=1S/C25H33N3O4S/c1-18-15-23(32-27-18)26-22(29)17-28-12-8-19(9-13-28)20(16-28)31-24(30)25(21-7-6-14-33-21)10-4-2-3-5-11-25/h6-7,14-15,19-20H,2-5,8-13,16-17H2,1H3/p+1/t19?,20-,28?/m0/s1. The number of nitrogens with zero attached hydrogens (tertiary/aromatic N) is 2. The quantitative estimate of drug-likeness (QED) is 0.382. The summed E-state index contributed by atoms with van der Waals surface area (Å²) in [6.45, 7) is 4.83. The lowest BCUT2D eigenvalue weighted by Gasteiger charge is -2.51. The molecule has 3 saturated heterocycles. The minimum Gasteiger partial charge on any atom is -0.455 e. The number of hydrogen-bond donors (Lipinski definition) is 1. The molecule has 178 valence electrons. The van der Waals surface area contributed by atoms with Crippen LogP contribution in [0.2, 0.25) is 0 Å². The maximum atomic E-state index is 13.8. The van der Waals surface area contributed by atoms with Crippen molar-refractivity contribution < 1.29 is 23.3 Å². The van der Waals surface area contributed by atoms with Crippen molar-refractivity contribution in [1.82, 2.24) is 5.16 Å². The molecule has 7 nitrogen and oxygen atoms in total. The SMILES string of the molecule is Cc1cc(NC(=O)C[N+]23CCC(CC2)[C@@H](OC(=O)C2(c4cccs4)CCCCCC2)C3)on1. The highest BCUT2D eigenvalue weighted by atomic mass is 32.1. The number of fused-ring (bicyclic) bond motifs is 3. The number of esters is 1. The number of ether oxygens (including phenoxy) is 1. The number of hydrogen-bond acceptors (Lipinski definition) is 6. The number of carbonyl (C=O) groups excluding carboxylic acids is 2. The van der Waals surface area contributed by atoms with Crippen molar-refractivity contribution in [2.75, 3.05) is 31.5 Å². The van der Waals surface area contributed by atoms with Gasteiger partial charge >= 0.3 is 5.97 Å². The van der Waals surface area contributed by atoms with Crippen LogP contribution in [0.25, 0.3) is 0 Å². The first kappa shape index (κ1) is 22.6. The third-order valence-corrected chi connectivity index (χ3v) is 9.08. The zero-order chi connectivity index (χ0) is 22.9. The average molecular weight is 473 g/mol. The number of quaternary nitrogens is 1. The molecule has 1 amide bonds. The van der Waals surface area contributed by atoms with Crippen molar-refractivity contribution in [3.63, 3.8) is 0 Å². The Labute approximate surface area is 199 Å². The average Bonchev–Trinajstić information content (AvgIpc) is 3.41. The first-order chi connectivity index (χ1) is 16.0. The predicted octanol–water partition coefficient (Wildman–Crippen LogP) is 4.43. The zero-order valence-corrected chi connectivity index (χ0v) is 20.2. The van der Waals surface area contributed by atoms with Crippen LogP contribution in [-0.4, -0.2) is 53.8 Å². The summed E-state index contributed by atoms with van der Waals surface area (Å²) in [4.78, 5) is 27.7. The number of nitrogens with one attached hydrogen (secondary N) is 1. The predicted molar refractivity (Wildman–Crippen MR) is 126 cm³/mol. The highest BCUT2D eigenvalue weighted by Gasteiger charge is 2.51. The fourth-order valence-electron chi connectivity index (χ4n) is 6.17. The summed E-state index contributed by atoms with van der Waals surface area (Å²) >= 11 is 1.68. The molecule has 2 aromatic heterocycles. The highest BCUT2D eigenvalue weighted by molar-refractivity contribution is 7.10. The molecule has 0 spiro atoms. The minimum atomic E-state index is -0.497. The van der Waals surface area contributed by atoms with E-state index in [2.05, 4.69) is 21.9 Å². The Hall–Kier alpha value is -2.19. The van der Waals surface area contributed by atoms with Gasteiger partial charge in [0.25, 0.3) is 5.91 Å². The number of aryl methyl sites for hydroxylation is 1. The van der Waals surface area contributed by atoms with Gasteiger partial charge in [0.15, 0.2) is 12.6 Å². The first-order valence-corrected chi connectivity index (χ1v) is 13.2. The van der Waals surface area contributed by atoms with E-state index < -0.39 is 5.41 Å². The van der Waals surface area contributed by atoms with Crippen LogP contribution in [0, 0.1) is 12.8 Å². The number of rotatable bonds is 6. The molecular formula is C25H34N3O4S+. The van der Waals surface area contributed by atoms with E-state index in [0.29, 0.717) is 22.8 Å². The second kappa shape index (κ2) is 9.22. The van der Waals surface area contributed by atoms with Crippen LogP contribution >= 0.6 is 11.3 Å². The van der Waals surface area contributed by atoms with E-state index in [1.807, 2.05) is 13.0 Å². The number of piperidine rings is 3. The fourth-order valence-corrected chi connectivity index (χ4v) is 7.14. The highest BCUT2D eigenvalue weighted by Crippen LogP contribution is 2.43. The Morgan fingerprint density at radius 3 is 2.64 bits per heavy atom. The molecule has 2 aromatic rings. The van der Waals surface area contributed by atoms with E-state index in [0.717, 1.165) is 68.7 Å². The van der Waals surface area contributed by atoms with E-state index in [1.165, 1.54) is 12.8 Å². The molecule has 6 rings (SSSR count). The lowest BCUT2D eigenvalue weighted by atomic mass is 9.78. The Morgan fingerprint density at radius 1 is 1.24 bits per heavy atom. The lowest BCUT2D eigenvalue weighted by molar-refractivity contribution is -0.939. The second-order valence-corrected chi connectivity index (χ2v) is 11.2. The molecule has 1 atom stereocenters. The zero-order valence-electron chi connectivity index (χ0n) is 19.4. The van der Waals surface area contributed by atoms with Gasteiger partial charge < -0.3 is 13.7 Å². The van der Waals surface area contributed by atoms with Gasteiger partial charge in [-0.25, -0.2) is 0 Å². The van der Waals surface area contributed by atoms with E-state index in [-0.39, 0.29) is 18.0 Å². The number of thiophene rings is 1. The first-order valence-electron chi connectivity index (χ1n) is 12.3. The maximum absolute atomic E-state index is 13.8. The smallest absolute Gasteiger partial charge is 0.317 e. The van der Waals surface area contributed by atoms with Crippen molar-refractivity contribution in [2.24, 2.45) is 5.92 Å². The van der Waals surface area contributed by atoms with E-state index in [1.54, 1.807) is 17.4 Å². The monoisotopic (exact) mass is 472 g/mol. The number of anilines is 1. The number of amides is 1. The summed E-state index contributed by atoms with van der Waals surface area (Å²) < 4.78 is 12.2. The van der Waals surface area contributed by atoms with E-state index >= 15 is 0 Å². The summed E-state index contributed by atoms with van der Waals surface area (Å²) in [6.07, 6.45) is 8.16. The van der Waals surface area contributed by atoms with Gasteiger partial charge in [0.1, 0.15) is 12.0 Å². The minimum absolute atomic E-state index is 0.0367. The molecular weight excluding hydrogens is 438 g/mol. The summed E-state index contributed by atoms with van der Waals surface area (Å²) in [7, 11) is 0. The molecule has 1 N–H and O–H groups in total. The topological polar surface area (TPSA) is 81.4 Å². The van der Waals surface area contributed by atoms with Gasteiger partial charge in [0.2, 0.25) is 5.88 Å². The molecule has 8 heteroatoms. The van der Waals surface area contributed by atoms with Crippen LogP contribution < -0.4 is 5.32 Å². The van der Waals surface area contributed by atoms with Crippen LogP contribution in [0.3, 0.4) is 0 Å². The van der Waals surface area contributed by atoms with Gasteiger partial charge in [-0.3, -0.25) is 14.9 Å². The van der Waals surface area contributed by atoms with Crippen LogP contribution in [0.15, 0.2) is 28.1 Å². The second-order valence-electron chi connectivity index (χ2n) is 10.3. The molecule has 0 radical (unpaired) electrons. The summed E-state index contributed by atoms with van der Waals surface area (Å²) in [5, 5.41) is 8.74. The fraction of sp³-hybridized carbons (Fsp3) is 0.640. The molecule has 1 saturated carbocycles. The molecule has 1 aliphatic carbocycles. The number of carbonyl (C=O) groups is 2. The molecule has 33 heavy (non-hydrogen) atoms. The van der Waals surface area contributed by atoms with Crippen molar-refractivity contribution in [3.05, 3.63) is 34.2 Å². The van der Waals surface area contributed by atoms with Gasteiger partial charge in [0, 0.05) is 29.7 Å². The maximum Gasteiger partial charge on any atom is 0.317 e. The third kappa shape index (κ3) is 4.60. The third-order valence-electron chi connectivity index (χ3n) is 8.01. The normalized spacial score (nSPS) is 28.8. The molecule has 0 unspecified atom stereocenters. The Kier molecular flexibility index (Phi) is 6.31. The number of aromatic nitrogens is 1. The van der Waals surface area contributed by atoms with Gasteiger partial charge in [-0.1, -0.05) is 36.9 Å².